The molecule has 82 valence electrons. The third kappa shape index (κ3) is 2.63. The lowest BCUT2D eigenvalue weighted by Crippen LogP contribution is -2.19. The first-order valence-electron chi connectivity index (χ1n) is 4.87. The Labute approximate surface area is 98.1 Å². The molecule has 0 saturated carbocycles. The van der Waals surface area contributed by atoms with Gasteiger partial charge in [0, 0.05) is 12.0 Å². The van der Waals surface area contributed by atoms with Crippen LogP contribution in [0.3, 0.4) is 0 Å². The van der Waals surface area contributed by atoms with Gasteiger partial charge >= 0.3 is 0 Å². The SMILES string of the molecule is Fc1ccc(C2CC(Cl)CCO2)cc1Cl. The lowest BCUT2D eigenvalue weighted by molar-refractivity contribution is 0.0168. The van der Waals surface area contributed by atoms with Crippen molar-refractivity contribution in [3.63, 3.8) is 0 Å². The van der Waals surface area contributed by atoms with Crippen molar-refractivity contribution in [3.8, 4) is 0 Å². The molecule has 4 heteroatoms. The minimum atomic E-state index is -0.404. The van der Waals surface area contributed by atoms with Crippen molar-refractivity contribution in [1.29, 1.82) is 0 Å². The monoisotopic (exact) mass is 248 g/mol. The zero-order valence-corrected chi connectivity index (χ0v) is 9.56. The van der Waals surface area contributed by atoms with Gasteiger partial charge in [-0.15, -0.1) is 11.6 Å². The van der Waals surface area contributed by atoms with Crippen LogP contribution in [0.5, 0.6) is 0 Å². The van der Waals surface area contributed by atoms with Crippen molar-refractivity contribution in [3.05, 3.63) is 34.6 Å². The second-order valence-electron chi connectivity index (χ2n) is 3.65. The van der Waals surface area contributed by atoms with Crippen molar-refractivity contribution in [2.75, 3.05) is 6.61 Å². The number of rotatable bonds is 1. The van der Waals surface area contributed by atoms with E-state index in [2.05, 4.69) is 0 Å². The van der Waals surface area contributed by atoms with E-state index in [0.717, 1.165) is 18.4 Å². The number of hydrogen-bond donors (Lipinski definition) is 0. The molecule has 0 radical (unpaired) electrons. The van der Waals surface area contributed by atoms with Crippen LogP contribution < -0.4 is 0 Å². The maximum Gasteiger partial charge on any atom is 0.141 e. The van der Waals surface area contributed by atoms with Crippen LogP contribution >= 0.6 is 23.2 Å². The van der Waals surface area contributed by atoms with Gasteiger partial charge in [0.05, 0.1) is 11.1 Å². The smallest absolute Gasteiger partial charge is 0.141 e. The molecule has 1 heterocycles. The first-order valence-corrected chi connectivity index (χ1v) is 5.69. The largest absolute Gasteiger partial charge is 0.373 e. The number of benzene rings is 1. The maximum atomic E-state index is 12.9. The molecule has 0 N–H and O–H groups in total. The predicted molar refractivity (Wildman–Crippen MR) is 59.0 cm³/mol. The Balaban J connectivity index is 2.18. The molecule has 1 aliphatic heterocycles. The van der Waals surface area contributed by atoms with Crippen LogP contribution in [0.1, 0.15) is 24.5 Å². The first kappa shape index (κ1) is 11.2. The standard InChI is InChI=1S/C11H11Cl2FO/c12-8-3-4-15-11(6-8)7-1-2-10(14)9(13)5-7/h1-2,5,8,11H,3-4,6H2. The molecule has 1 nitrogen and oxygen atoms in total. The molecule has 2 rings (SSSR count). The van der Waals surface area contributed by atoms with Crippen LogP contribution in [-0.2, 0) is 4.74 Å². The zero-order chi connectivity index (χ0) is 10.8. The van der Waals surface area contributed by atoms with E-state index in [1.54, 1.807) is 12.1 Å². The number of halogens is 3. The molecule has 1 saturated heterocycles. The minimum absolute atomic E-state index is 0.0562. The zero-order valence-electron chi connectivity index (χ0n) is 8.05. The van der Waals surface area contributed by atoms with Gasteiger partial charge in [-0.05, 0) is 30.5 Å². The molecular weight excluding hydrogens is 238 g/mol. The van der Waals surface area contributed by atoms with Gasteiger partial charge in [-0.2, -0.15) is 0 Å². The summed E-state index contributed by atoms with van der Waals surface area (Å²) in [7, 11) is 0. The maximum absolute atomic E-state index is 12.9. The van der Waals surface area contributed by atoms with Gasteiger partial charge in [0.15, 0.2) is 0 Å². The highest BCUT2D eigenvalue weighted by molar-refractivity contribution is 6.30. The lowest BCUT2D eigenvalue weighted by Gasteiger charge is -2.26. The summed E-state index contributed by atoms with van der Waals surface area (Å²) in [6.07, 6.45) is 1.57. The van der Waals surface area contributed by atoms with Gasteiger partial charge in [0.1, 0.15) is 5.82 Å². The third-order valence-corrected chi connectivity index (χ3v) is 3.22. The Morgan fingerprint density at radius 1 is 1.40 bits per heavy atom. The highest BCUT2D eigenvalue weighted by Crippen LogP contribution is 2.32. The van der Waals surface area contributed by atoms with Crippen LogP contribution in [0.2, 0.25) is 5.02 Å². The average Bonchev–Trinajstić information content (AvgIpc) is 2.22. The van der Waals surface area contributed by atoms with E-state index in [9.17, 15) is 4.39 Å². The summed E-state index contributed by atoms with van der Waals surface area (Å²) in [4.78, 5) is 0. The molecule has 1 aromatic rings. The second-order valence-corrected chi connectivity index (χ2v) is 4.68. The van der Waals surface area contributed by atoms with Crippen LogP contribution in [0.25, 0.3) is 0 Å². The molecular formula is C11H11Cl2FO. The van der Waals surface area contributed by atoms with Crippen LogP contribution in [-0.4, -0.2) is 12.0 Å². The van der Waals surface area contributed by atoms with Crippen molar-refractivity contribution in [1.82, 2.24) is 0 Å². The molecule has 0 aromatic heterocycles. The van der Waals surface area contributed by atoms with Gasteiger partial charge < -0.3 is 4.74 Å². The molecule has 1 aliphatic rings. The van der Waals surface area contributed by atoms with E-state index >= 15 is 0 Å². The topological polar surface area (TPSA) is 9.23 Å². The molecule has 0 aliphatic carbocycles. The van der Waals surface area contributed by atoms with E-state index < -0.39 is 5.82 Å². The molecule has 2 unspecified atom stereocenters. The molecule has 0 spiro atoms. The summed E-state index contributed by atoms with van der Waals surface area (Å²) in [5, 5.41) is 0.264. The van der Waals surface area contributed by atoms with Crippen LogP contribution in [0.4, 0.5) is 4.39 Å². The van der Waals surface area contributed by atoms with E-state index in [1.807, 2.05) is 0 Å². The Bertz CT molecular complexity index is 356. The number of hydrogen-bond acceptors (Lipinski definition) is 1. The van der Waals surface area contributed by atoms with E-state index in [1.165, 1.54) is 6.07 Å². The van der Waals surface area contributed by atoms with Crippen molar-refractivity contribution >= 4 is 23.2 Å². The highest BCUT2D eigenvalue weighted by Gasteiger charge is 2.22. The van der Waals surface area contributed by atoms with E-state index in [0.29, 0.717) is 6.61 Å². The summed E-state index contributed by atoms with van der Waals surface area (Å²) in [5.41, 5.74) is 0.895. The molecule has 0 amide bonds. The number of ether oxygens (including phenoxy) is 1. The fourth-order valence-corrected chi connectivity index (χ4v) is 2.14. The minimum Gasteiger partial charge on any atom is -0.373 e. The van der Waals surface area contributed by atoms with Gasteiger partial charge in [0.2, 0.25) is 0 Å². The highest BCUT2D eigenvalue weighted by atomic mass is 35.5. The second kappa shape index (κ2) is 4.69. The van der Waals surface area contributed by atoms with Gasteiger partial charge in [-0.3, -0.25) is 0 Å². The first-order chi connectivity index (χ1) is 7.16. The summed E-state index contributed by atoms with van der Waals surface area (Å²) >= 11 is 11.8. The van der Waals surface area contributed by atoms with Crippen LogP contribution in [0, 0.1) is 5.82 Å². The molecule has 1 fully saturated rings. The van der Waals surface area contributed by atoms with Gasteiger partial charge in [0.25, 0.3) is 0 Å². The van der Waals surface area contributed by atoms with E-state index in [-0.39, 0.29) is 16.5 Å². The Kier molecular flexibility index (Phi) is 3.49. The summed E-state index contributed by atoms with van der Waals surface area (Å²) < 4.78 is 18.5. The molecule has 15 heavy (non-hydrogen) atoms. The molecule has 0 bridgehead atoms. The summed E-state index contributed by atoms with van der Waals surface area (Å²) in [6, 6.07) is 4.66. The Morgan fingerprint density at radius 3 is 2.87 bits per heavy atom. The van der Waals surface area contributed by atoms with Crippen molar-refractivity contribution in [2.45, 2.75) is 24.3 Å². The van der Waals surface area contributed by atoms with Crippen molar-refractivity contribution in [2.24, 2.45) is 0 Å². The van der Waals surface area contributed by atoms with Gasteiger partial charge in [-0.25, -0.2) is 4.39 Å². The Hall–Kier alpha value is -0.310. The molecule has 1 aromatic carbocycles. The normalized spacial score (nSPS) is 26.6. The fourth-order valence-electron chi connectivity index (χ4n) is 1.70. The van der Waals surface area contributed by atoms with E-state index in [4.69, 9.17) is 27.9 Å². The Morgan fingerprint density at radius 2 is 2.20 bits per heavy atom. The lowest BCUT2D eigenvalue weighted by atomic mass is 10.0. The predicted octanol–water partition coefficient (Wildman–Crippen LogP) is 3.94. The number of alkyl halides is 1. The summed E-state index contributed by atoms with van der Waals surface area (Å²) in [5.74, 6) is -0.404. The average molecular weight is 249 g/mol. The quantitative estimate of drug-likeness (QED) is 0.685. The van der Waals surface area contributed by atoms with Crippen LogP contribution in [0.15, 0.2) is 18.2 Å². The van der Waals surface area contributed by atoms with Gasteiger partial charge in [-0.1, -0.05) is 17.7 Å². The molecule has 2 atom stereocenters. The fraction of sp³-hybridized carbons (Fsp3) is 0.455. The summed E-state index contributed by atoms with van der Waals surface area (Å²) in [6.45, 7) is 0.647. The third-order valence-electron chi connectivity index (χ3n) is 2.54. The van der Waals surface area contributed by atoms with Crippen molar-refractivity contribution < 1.29 is 9.13 Å².